The standard InChI is InChI=1S/C25H23N3O3S2/c1-18-12-14-21(15-13-18)33(30,31)28-22(16-19-8-4-2-5-9-19)24(29)27-25-26-23(17-32-25)20-10-6-3-7-11-20/h2-15,17,22,28H,16H2,1H3,(H,26,27,29)/t22-/m1/s1. The van der Waals surface area contributed by atoms with E-state index in [9.17, 15) is 13.2 Å². The van der Waals surface area contributed by atoms with Gasteiger partial charge in [0.1, 0.15) is 6.04 Å². The van der Waals surface area contributed by atoms with E-state index in [-0.39, 0.29) is 11.3 Å². The molecule has 6 nitrogen and oxygen atoms in total. The van der Waals surface area contributed by atoms with E-state index in [1.54, 1.807) is 12.1 Å². The molecule has 2 N–H and O–H groups in total. The fraction of sp³-hybridized carbons (Fsp3) is 0.120. The zero-order valence-electron chi connectivity index (χ0n) is 17.9. The second kappa shape index (κ2) is 10.1. The van der Waals surface area contributed by atoms with Gasteiger partial charge in [-0.2, -0.15) is 4.72 Å². The number of nitrogens with zero attached hydrogens (tertiary/aromatic N) is 1. The summed E-state index contributed by atoms with van der Waals surface area (Å²) in [5.74, 6) is -0.469. The molecule has 1 amide bonds. The maximum absolute atomic E-state index is 13.2. The van der Waals surface area contributed by atoms with E-state index in [1.165, 1.54) is 23.5 Å². The van der Waals surface area contributed by atoms with E-state index in [0.717, 1.165) is 22.4 Å². The van der Waals surface area contributed by atoms with E-state index >= 15 is 0 Å². The van der Waals surface area contributed by atoms with Crippen LogP contribution in [0.3, 0.4) is 0 Å². The highest BCUT2D eigenvalue weighted by atomic mass is 32.2. The monoisotopic (exact) mass is 477 g/mol. The van der Waals surface area contributed by atoms with Crippen LogP contribution in [0.2, 0.25) is 0 Å². The van der Waals surface area contributed by atoms with Gasteiger partial charge in [0.05, 0.1) is 10.6 Å². The number of amides is 1. The van der Waals surface area contributed by atoms with Crippen molar-refractivity contribution in [2.75, 3.05) is 5.32 Å². The third-order valence-corrected chi connectivity index (χ3v) is 7.28. The molecule has 1 aromatic heterocycles. The van der Waals surface area contributed by atoms with Gasteiger partial charge in [0, 0.05) is 10.9 Å². The zero-order chi connectivity index (χ0) is 23.3. The van der Waals surface area contributed by atoms with Crippen molar-refractivity contribution in [3.63, 3.8) is 0 Å². The lowest BCUT2D eigenvalue weighted by molar-refractivity contribution is -0.117. The van der Waals surface area contributed by atoms with E-state index in [0.29, 0.717) is 5.13 Å². The Kier molecular flexibility index (Phi) is 6.98. The second-order valence-electron chi connectivity index (χ2n) is 7.57. The highest BCUT2D eigenvalue weighted by Gasteiger charge is 2.27. The first kappa shape index (κ1) is 22.8. The third-order valence-electron chi connectivity index (χ3n) is 5.03. The van der Waals surface area contributed by atoms with Crippen LogP contribution in [0, 0.1) is 6.92 Å². The van der Waals surface area contributed by atoms with Gasteiger partial charge < -0.3 is 5.32 Å². The van der Waals surface area contributed by atoms with Crippen LogP contribution < -0.4 is 10.0 Å². The Hall–Kier alpha value is -3.33. The number of anilines is 1. The maximum Gasteiger partial charge on any atom is 0.244 e. The quantitative estimate of drug-likeness (QED) is 0.387. The normalized spacial score (nSPS) is 12.3. The minimum Gasteiger partial charge on any atom is -0.301 e. The molecule has 0 aliphatic heterocycles. The third kappa shape index (κ3) is 5.92. The first-order valence-corrected chi connectivity index (χ1v) is 12.7. The average molecular weight is 478 g/mol. The SMILES string of the molecule is Cc1ccc(S(=O)(=O)N[C@H](Cc2ccccc2)C(=O)Nc2nc(-c3ccccc3)cs2)cc1. The molecule has 0 radical (unpaired) electrons. The Morgan fingerprint density at radius 1 is 0.939 bits per heavy atom. The number of thiazole rings is 1. The molecule has 0 fully saturated rings. The number of benzene rings is 3. The maximum atomic E-state index is 13.2. The Labute approximate surface area is 197 Å². The lowest BCUT2D eigenvalue weighted by atomic mass is 10.1. The summed E-state index contributed by atoms with van der Waals surface area (Å²) in [6.45, 7) is 1.88. The van der Waals surface area contributed by atoms with Crippen LogP contribution >= 0.6 is 11.3 Å². The minimum absolute atomic E-state index is 0.111. The number of carbonyl (C=O) groups is 1. The van der Waals surface area contributed by atoms with Crippen LogP contribution in [0.25, 0.3) is 11.3 Å². The molecule has 168 valence electrons. The predicted molar refractivity (Wildman–Crippen MR) is 132 cm³/mol. The summed E-state index contributed by atoms with van der Waals surface area (Å²) in [5.41, 5.74) is 3.48. The molecular formula is C25H23N3O3S2. The highest BCUT2D eigenvalue weighted by molar-refractivity contribution is 7.89. The van der Waals surface area contributed by atoms with Gasteiger partial charge >= 0.3 is 0 Å². The first-order valence-electron chi connectivity index (χ1n) is 10.4. The van der Waals surface area contributed by atoms with Crippen LogP contribution in [0.5, 0.6) is 0 Å². The number of nitrogens with one attached hydrogen (secondary N) is 2. The summed E-state index contributed by atoms with van der Waals surface area (Å²) in [5, 5.41) is 5.04. The number of aryl methyl sites for hydroxylation is 1. The number of rotatable bonds is 8. The van der Waals surface area contributed by atoms with Gasteiger partial charge in [-0.1, -0.05) is 78.4 Å². The Bertz CT molecular complexity index is 1320. The zero-order valence-corrected chi connectivity index (χ0v) is 19.6. The predicted octanol–water partition coefficient (Wildman–Crippen LogP) is 4.65. The van der Waals surface area contributed by atoms with Gasteiger partial charge in [-0.25, -0.2) is 13.4 Å². The van der Waals surface area contributed by atoms with Gasteiger partial charge in [0.25, 0.3) is 0 Å². The smallest absolute Gasteiger partial charge is 0.244 e. The molecule has 0 saturated heterocycles. The fourth-order valence-corrected chi connectivity index (χ4v) is 5.19. The van der Waals surface area contributed by atoms with Crippen LogP contribution in [0.15, 0.2) is 95.2 Å². The summed E-state index contributed by atoms with van der Waals surface area (Å²) in [4.78, 5) is 17.7. The topological polar surface area (TPSA) is 88.2 Å². The molecule has 0 saturated carbocycles. The van der Waals surface area contributed by atoms with Crippen molar-refractivity contribution in [2.45, 2.75) is 24.3 Å². The van der Waals surface area contributed by atoms with Crippen LogP contribution in [0.1, 0.15) is 11.1 Å². The molecule has 8 heteroatoms. The van der Waals surface area contributed by atoms with E-state index in [1.807, 2.05) is 73.0 Å². The number of aromatic nitrogens is 1. The summed E-state index contributed by atoms with van der Waals surface area (Å²) >= 11 is 1.29. The van der Waals surface area contributed by atoms with Gasteiger partial charge in [-0.3, -0.25) is 4.79 Å². The number of carbonyl (C=O) groups excluding carboxylic acids is 1. The van der Waals surface area contributed by atoms with Gasteiger partial charge in [0.2, 0.25) is 15.9 Å². The molecule has 4 aromatic rings. The molecule has 0 bridgehead atoms. The number of hydrogen-bond acceptors (Lipinski definition) is 5. The summed E-state index contributed by atoms with van der Waals surface area (Å²) in [6.07, 6.45) is 0.203. The highest BCUT2D eigenvalue weighted by Crippen LogP contribution is 2.25. The van der Waals surface area contributed by atoms with Crippen molar-refractivity contribution in [3.05, 3.63) is 101 Å². The number of hydrogen-bond donors (Lipinski definition) is 2. The molecule has 33 heavy (non-hydrogen) atoms. The largest absolute Gasteiger partial charge is 0.301 e. The molecule has 0 aliphatic rings. The molecule has 0 aliphatic carbocycles. The fourth-order valence-electron chi connectivity index (χ4n) is 3.28. The van der Waals surface area contributed by atoms with Crippen molar-refractivity contribution in [3.8, 4) is 11.3 Å². The molecular weight excluding hydrogens is 454 g/mol. The molecule has 1 heterocycles. The molecule has 0 unspecified atom stereocenters. The van der Waals surface area contributed by atoms with Crippen molar-refractivity contribution in [1.29, 1.82) is 0 Å². The summed E-state index contributed by atoms with van der Waals surface area (Å²) in [7, 11) is -3.90. The second-order valence-corrected chi connectivity index (χ2v) is 10.1. The van der Waals surface area contributed by atoms with Crippen molar-refractivity contribution in [1.82, 2.24) is 9.71 Å². The Balaban J connectivity index is 1.56. The van der Waals surface area contributed by atoms with Crippen molar-refractivity contribution >= 4 is 32.4 Å². The average Bonchev–Trinajstić information content (AvgIpc) is 3.28. The van der Waals surface area contributed by atoms with Gasteiger partial charge in [-0.15, -0.1) is 11.3 Å². The van der Waals surface area contributed by atoms with E-state index < -0.39 is 22.0 Å². The Morgan fingerprint density at radius 2 is 1.58 bits per heavy atom. The minimum atomic E-state index is -3.90. The van der Waals surface area contributed by atoms with E-state index in [2.05, 4.69) is 15.0 Å². The molecule has 0 spiro atoms. The Morgan fingerprint density at radius 3 is 2.24 bits per heavy atom. The summed E-state index contributed by atoms with van der Waals surface area (Å²) in [6, 6.07) is 24.4. The van der Waals surface area contributed by atoms with Crippen molar-refractivity contribution in [2.24, 2.45) is 0 Å². The summed E-state index contributed by atoms with van der Waals surface area (Å²) < 4.78 is 28.5. The van der Waals surface area contributed by atoms with Crippen LogP contribution in [-0.4, -0.2) is 25.4 Å². The van der Waals surface area contributed by atoms with E-state index in [4.69, 9.17) is 0 Å². The van der Waals surface area contributed by atoms with Crippen molar-refractivity contribution < 1.29 is 13.2 Å². The van der Waals surface area contributed by atoms with Crippen LogP contribution in [-0.2, 0) is 21.2 Å². The lowest BCUT2D eigenvalue weighted by Gasteiger charge is -2.18. The molecule has 3 aromatic carbocycles. The molecule has 4 rings (SSSR count). The van der Waals surface area contributed by atoms with Crippen LogP contribution in [0.4, 0.5) is 5.13 Å². The first-order chi connectivity index (χ1) is 15.9. The lowest BCUT2D eigenvalue weighted by Crippen LogP contribution is -2.45. The number of sulfonamides is 1. The molecule has 1 atom stereocenters. The van der Waals surface area contributed by atoms with Gasteiger partial charge in [0.15, 0.2) is 5.13 Å². The van der Waals surface area contributed by atoms with Gasteiger partial charge in [-0.05, 0) is 31.0 Å².